The predicted octanol–water partition coefficient (Wildman–Crippen LogP) is 17.9. The van der Waals surface area contributed by atoms with Crippen molar-refractivity contribution in [2.45, 2.75) is 37.5 Å². The third kappa shape index (κ3) is 5.95. The van der Waals surface area contributed by atoms with Crippen molar-refractivity contribution in [1.29, 1.82) is 0 Å². The van der Waals surface area contributed by atoms with Crippen molar-refractivity contribution in [3.05, 3.63) is 211 Å². The zero-order valence-corrected chi connectivity index (χ0v) is 40.4. The van der Waals surface area contributed by atoms with Gasteiger partial charge in [-0.15, -0.1) is 11.3 Å². The standard InChI is InChI=1S/C67H47N3OS/c1-3-13-41(14-4-1)56-36-43(44-23-26-50-49-18-8-11-21-58(49)71-59(50)37-44)24-28-54(56)65-68-64(42-15-5-2-6-16-42)69-66(70-65)55-30-29-53-48-17-7-10-20-57(48)67(46-32-39-31-40(34-46)35-47(67)33-39)63(53)62(55)45-25-27-52-51-19-9-12-22-60(51)72-61(52)38-45/h1-30,36-40,46-47H,31-35H2. The van der Waals surface area contributed by atoms with E-state index in [0.717, 1.165) is 72.7 Å². The number of fused-ring (bicyclic) bond motifs is 9. The molecular formula is C67H47N3OS. The second-order valence-corrected chi connectivity index (χ2v) is 22.1. The van der Waals surface area contributed by atoms with Gasteiger partial charge in [-0.1, -0.05) is 152 Å². The third-order valence-corrected chi connectivity index (χ3v) is 18.5. The Bertz CT molecular complexity index is 4160. The summed E-state index contributed by atoms with van der Waals surface area (Å²) in [6.45, 7) is 0. The molecular weight excluding hydrogens is 895 g/mol. The van der Waals surface area contributed by atoms with Crippen molar-refractivity contribution >= 4 is 53.4 Å². The van der Waals surface area contributed by atoms with E-state index >= 15 is 0 Å². The van der Waals surface area contributed by atoms with Crippen LogP contribution in [0.2, 0.25) is 0 Å². The Labute approximate surface area is 421 Å². The average Bonchev–Trinajstić information content (AvgIpc) is 4.10. The number of nitrogens with zero attached hydrogens (tertiary/aromatic N) is 3. The number of hydrogen-bond donors (Lipinski definition) is 0. The first kappa shape index (κ1) is 40.7. The van der Waals surface area contributed by atoms with E-state index in [1.165, 1.54) is 80.1 Å². The lowest BCUT2D eigenvalue weighted by Gasteiger charge is -2.61. The first-order valence-electron chi connectivity index (χ1n) is 25.7. The molecule has 12 aromatic rings. The molecule has 342 valence electrons. The zero-order valence-electron chi connectivity index (χ0n) is 39.6. The lowest BCUT2D eigenvalue weighted by molar-refractivity contribution is -0.0397. The van der Waals surface area contributed by atoms with Crippen LogP contribution in [0, 0.1) is 23.7 Å². The molecule has 0 atom stereocenters. The normalized spacial score (nSPS) is 20.6. The molecule has 4 saturated carbocycles. The van der Waals surface area contributed by atoms with Crippen molar-refractivity contribution in [3.63, 3.8) is 0 Å². The highest BCUT2D eigenvalue weighted by Crippen LogP contribution is 2.71. The molecule has 72 heavy (non-hydrogen) atoms. The van der Waals surface area contributed by atoms with Gasteiger partial charge in [0.25, 0.3) is 0 Å². The minimum atomic E-state index is -0.0837. The maximum absolute atomic E-state index is 6.39. The van der Waals surface area contributed by atoms with E-state index in [9.17, 15) is 0 Å². The molecule has 0 aliphatic heterocycles. The van der Waals surface area contributed by atoms with E-state index in [1.54, 1.807) is 5.56 Å². The highest BCUT2D eigenvalue weighted by atomic mass is 32.1. The Morgan fingerprint density at radius 1 is 0.375 bits per heavy atom. The molecule has 1 spiro atoms. The van der Waals surface area contributed by atoms with E-state index in [-0.39, 0.29) is 5.41 Å². The Kier molecular flexibility index (Phi) is 8.77. The molecule has 5 aliphatic carbocycles. The Morgan fingerprint density at radius 3 is 1.78 bits per heavy atom. The fourth-order valence-electron chi connectivity index (χ4n) is 14.6. The summed E-state index contributed by atoms with van der Waals surface area (Å²) >= 11 is 1.90. The second kappa shape index (κ2) is 15.5. The van der Waals surface area contributed by atoms with Gasteiger partial charge >= 0.3 is 0 Å². The second-order valence-electron chi connectivity index (χ2n) is 21.0. The third-order valence-electron chi connectivity index (χ3n) is 17.3. The van der Waals surface area contributed by atoms with Gasteiger partial charge in [0, 0.05) is 53.1 Å². The minimum Gasteiger partial charge on any atom is -0.456 e. The molecule has 9 aromatic carbocycles. The maximum atomic E-state index is 6.39. The molecule has 5 heteroatoms. The number of aromatic nitrogens is 3. The van der Waals surface area contributed by atoms with Gasteiger partial charge in [-0.05, 0) is 160 Å². The van der Waals surface area contributed by atoms with Gasteiger partial charge in [0.05, 0.1) is 0 Å². The molecule has 17 rings (SSSR count). The van der Waals surface area contributed by atoms with Crippen molar-refractivity contribution < 1.29 is 4.42 Å². The van der Waals surface area contributed by atoms with Gasteiger partial charge in [0.2, 0.25) is 0 Å². The fourth-order valence-corrected chi connectivity index (χ4v) is 15.8. The van der Waals surface area contributed by atoms with Crippen LogP contribution in [0.25, 0.3) is 121 Å². The molecule has 0 N–H and O–H groups in total. The minimum absolute atomic E-state index is 0.0837. The van der Waals surface area contributed by atoms with E-state index < -0.39 is 0 Å². The summed E-state index contributed by atoms with van der Waals surface area (Å²) in [5.41, 5.74) is 17.4. The highest BCUT2D eigenvalue weighted by molar-refractivity contribution is 7.25. The molecule has 4 bridgehead atoms. The quantitative estimate of drug-likeness (QED) is 0.167. The molecule has 4 fully saturated rings. The number of rotatable bonds is 6. The van der Waals surface area contributed by atoms with Crippen LogP contribution < -0.4 is 0 Å². The van der Waals surface area contributed by atoms with Crippen LogP contribution in [-0.4, -0.2) is 15.0 Å². The van der Waals surface area contributed by atoms with Crippen molar-refractivity contribution in [3.8, 4) is 78.7 Å². The fraction of sp³-hybridized carbons (Fsp3) is 0.149. The average molecular weight is 942 g/mol. The first-order chi connectivity index (χ1) is 35.6. The molecule has 0 saturated heterocycles. The summed E-state index contributed by atoms with van der Waals surface area (Å²) in [7, 11) is 0. The molecule has 3 aromatic heterocycles. The van der Waals surface area contributed by atoms with E-state index in [4.69, 9.17) is 19.4 Å². The molecule has 4 nitrogen and oxygen atoms in total. The van der Waals surface area contributed by atoms with Crippen LogP contribution in [0.4, 0.5) is 0 Å². The van der Waals surface area contributed by atoms with Crippen LogP contribution in [0.1, 0.15) is 43.2 Å². The summed E-state index contributed by atoms with van der Waals surface area (Å²) < 4.78 is 9.02. The summed E-state index contributed by atoms with van der Waals surface area (Å²) in [6, 6.07) is 73.1. The summed E-state index contributed by atoms with van der Waals surface area (Å²) in [4.78, 5) is 16.7. The van der Waals surface area contributed by atoms with Crippen molar-refractivity contribution in [2.75, 3.05) is 0 Å². The summed E-state index contributed by atoms with van der Waals surface area (Å²) in [5, 5.41) is 4.87. The van der Waals surface area contributed by atoms with Crippen LogP contribution in [0.5, 0.6) is 0 Å². The summed E-state index contributed by atoms with van der Waals surface area (Å²) in [5.74, 6) is 4.84. The van der Waals surface area contributed by atoms with Gasteiger partial charge in [-0.2, -0.15) is 0 Å². The Balaban J connectivity index is 0.953. The highest BCUT2D eigenvalue weighted by Gasteiger charge is 2.62. The predicted molar refractivity (Wildman–Crippen MR) is 296 cm³/mol. The van der Waals surface area contributed by atoms with E-state index in [0.29, 0.717) is 29.3 Å². The molecule has 5 aliphatic rings. The molecule has 0 unspecified atom stereocenters. The number of para-hydroxylation sites is 1. The SMILES string of the molecule is c1ccc(-c2nc(-c3ccc(-c4ccc5c(c4)oc4ccccc45)cc3-c3ccccc3)nc(-c3ccc4c(c3-c3ccc5c(c3)sc3ccccc35)C3(c5ccccc5-4)C4CC5CC(C4)CC3C5)n2)cc1. The van der Waals surface area contributed by atoms with Crippen molar-refractivity contribution in [1.82, 2.24) is 15.0 Å². The molecule has 0 amide bonds. The lowest BCUT2D eigenvalue weighted by Crippen LogP contribution is -2.55. The number of benzene rings is 9. The maximum Gasteiger partial charge on any atom is 0.164 e. The number of hydrogen-bond acceptors (Lipinski definition) is 5. The van der Waals surface area contributed by atoms with Crippen LogP contribution in [0.3, 0.4) is 0 Å². The van der Waals surface area contributed by atoms with Gasteiger partial charge < -0.3 is 4.42 Å². The van der Waals surface area contributed by atoms with Gasteiger partial charge in [0.15, 0.2) is 17.5 Å². The van der Waals surface area contributed by atoms with Crippen LogP contribution in [0.15, 0.2) is 205 Å². The van der Waals surface area contributed by atoms with Gasteiger partial charge in [-0.3, -0.25) is 0 Å². The van der Waals surface area contributed by atoms with Gasteiger partial charge in [-0.25, -0.2) is 15.0 Å². The smallest absolute Gasteiger partial charge is 0.164 e. The number of furan rings is 1. The van der Waals surface area contributed by atoms with Crippen LogP contribution in [-0.2, 0) is 5.41 Å². The number of thiophene rings is 1. The largest absolute Gasteiger partial charge is 0.456 e. The lowest BCUT2D eigenvalue weighted by atomic mass is 9.42. The van der Waals surface area contributed by atoms with Gasteiger partial charge in [0.1, 0.15) is 11.2 Å². The Morgan fingerprint density at radius 2 is 0.958 bits per heavy atom. The first-order valence-corrected chi connectivity index (χ1v) is 26.6. The Hall–Kier alpha value is -7.99. The monoisotopic (exact) mass is 941 g/mol. The van der Waals surface area contributed by atoms with Crippen molar-refractivity contribution in [2.24, 2.45) is 23.7 Å². The molecule has 3 heterocycles. The summed E-state index contributed by atoms with van der Waals surface area (Å²) in [6.07, 6.45) is 6.62. The van der Waals surface area contributed by atoms with E-state index in [2.05, 4.69) is 188 Å². The van der Waals surface area contributed by atoms with E-state index in [1.807, 2.05) is 23.5 Å². The van der Waals surface area contributed by atoms with Crippen LogP contribution >= 0.6 is 11.3 Å². The molecule has 0 radical (unpaired) electrons. The topological polar surface area (TPSA) is 51.8 Å². The zero-order chi connectivity index (χ0) is 47.1.